The van der Waals surface area contributed by atoms with Gasteiger partial charge in [-0.2, -0.15) is 12.1 Å². The van der Waals surface area contributed by atoms with E-state index in [1.807, 2.05) is 42.5 Å². The Morgan fingerprint density at radius 3 is 1.80 bits per heavy atom. The van der Waals surface area contributed by atoms with Crippen molar-refractivity contribution in [3.8, 4) is 0 Å². The fourth-order valence-corrected chi connectivity index (χ4v) is 0.977. The fourth-order valence-electron chi connectivity index (χ4n) is 0.977. The van der Waals surface area contributed by atoms with Crippen LogP contribution in [0, 0.1) is 0 Å². The topological polar surface area (TPSA) is 17.1 Å². The molecule has 0 bridgehead atoms. The van der Waals surface area contributed by atoms with Crippen LogP contribution in [-0.2, 0) is 17.1 Å². The van der Waals surface area contributed by atoms with Gasteiger partial charge in [0.2, 0.25) is 0 Å². The quantitative estimate of drug-likeness (QED) is 0.341. The predicted molar refractivity (Wildman–Crippen MR) is 58.6 cm³/mol. The SMILES string of the molecule is C=CC(=O)[c-]1cccc1.[Fe].[cH-]1[cH-][cH-][cH-][cH-]1. The molecular weight excluding hydrogens is 228 g/mol. The van der Waals surface area contributed by atoms with Gasteiger partial charge in [-0.25, -0.2) is 0 Å². The third-order valence-electron chi connectivity index (χ3n) is 1.69. The summed E-state index contributed by atoms with van der Waals surface area (Å²) in [4.78, 5) is 10.8. The zero-order valence-electron chi connectivity index (χ0n) is 8.24. The van der Waals surface area contributed by atoms with Crippen LogP contribution in [0.5, 0.6) is 0 Å². The van der Waals surface area contributed by atoms with E-state index >= 15 is 0 Å². The number of carbonyl (C=O) groups is 1. The van der Waals surface area contributed by atoms with E-state index in [9.17, 15) is 4.79 Å². The number of ketones is 1. The Morgan fingerprint density at radius 1 is 1.07 bits per heavy atom. The van der Waals surface area contributed by atoms with E-state index in [1.54, 1.807) is 12.1 Å². The van der Waals surface area contributed by atoms with E-state index in [2.05, 4.69) is 6.58 Å². The molecule has 0 aliphatic carbocycles. The molecule has 2 aromatic carbocycles. The van der Waals surface area contributed by atoms with Gasteiger partial charge in [0.25, 0.3) is 0 Å². The van der Waals surface area contributed by atoms with Crippen molar-refractivity contribution in [3.05, 3.63) is 72.8 Å². The van der Waals surface area contributed by atoms with Crippen LogP contribution < -0.4 is 0 Å². The minimum absolute atomic E-state index is 0. The second-order valence-electron chi connectivity index (χ2n) is 2.70. The van der Waals surface area contributed by atoms with Gasteiger partial charge in [0.1, 0.15) is 5.78 Å². The summed E-state index contributed by atoms with van der Waals surface area (Å²) in [5.41, 5.74) is 0.713. The number of hydrogen-bond donors (Lipinski definition) is 0. The van der Waals surface area contributed by atoms with Crippen LogP contribution in [0.2, 0.25) is 0 Å². The number of rotatable bonds is 2. The van der Waals surface area contributed by atoms with Crippen LogP contribution in [0.1, 0.15) is 10.4 Å². The summed E-state index contributed by atoms with van der Waals surface area (Å²) in [6, 6.07) is 17.2. The Hall–Kier alpha value is -1.37. The molecule has 0 amide bonds. The maximum absolute atomic E-state index is 10.8. The van der Waals surface area contributed by atoms with Crippen molar-refractivity contribution in [2.24, 2.45) is 0 Å². The van der Waals surface area contributed by atoms with E-state index < -0.39 is 0 Å². The molecule has 1 nitrogen and oxygen atoms in total. The van der Waals surface area contributed by atoms with Crippen LogP contribution in [0.4, 0.5) is 0 Å². The fraction of sp³-hybridized carbons (Fsp3) is 0. The first-order valence-corrected chi connectivity index (χ1v) is 4.40. The molecule has 0 spiro atoms. The number of carbonyl (C=O) groups excluding carboxylic acids is 1. The molecule has 0 aromatic heterocycles. The minimum atomic E-state index is -0.0139. The molecule has 0 saturated carbocycles. The average Bonchev–Trinajstić information content (AvgIpc) is 2.91. The minimum Gasteiger partial charge on any atom is -0.748 e. The third-order valence-corrected chi connectivity index (χ3v) is 1.69. The Morgan fingerprint density at radius 2 is 1.47 bits per heavy atom. The van der Waals surface area contributed by atoms with Gasteiger partial charge in [0, 0.05) is 17.1 Å². The van der Waals surface area contributed by atoms with E-state index in [0.717, 1.165) is 0 Å². The standard InChI is InChI=1S/C8H7O.C5H5.Fe/c1-2-8(9)7-5-3-4-6-7;1-2-4-5-3-1;/h2-6H,1H2;1-5H;/q-1;-5;. The molecule has 2 heteroatoms. The summed E-state index contributed by atoms with van der Waals surface area (Å²) in [6.07, 6.45) is 1.31. The van der Waals surface area contributed by atoms with Gasteiger partial charge in [-0.3, -0.25) is 0 Å². The maximum Gasteiger partial charge on any atom is 0.105 e. The van der Waals surface area contributed by atoms with E-state index in [4.69, 9.17) is 0 Å². The number of hydrogen-bond acceptors (Lipinski definition) is 1. The van der Waals surface area contributed by atoms with Crippen molar-refractivity contribution >= 4 is 5.78 Å². The zero-order valence-corrected chi connectivity index (χ0v) is 9.35. The maximum atomic E-state index is 10.8. The molecule has 0 fully saturated rings. The van der Waals surface area contributed by atoms with Crippen LogP contribution in [0.3, 0.4) is 0 Å². The number of allylic oxidation sites excluding steroid dienone is 1. The van der Waals surface area contributed by atoms with Crippen molar-refractivity contribution in [2.45, 2.75) is 0 Å². The smallest absolute Gasteiger partial charge is 0.105 e. The monoisotopic (exact) mass is 240 g/mol. The van der Waals surface area contributed by atoms with Gasteiger partial charge in [0.15, 0.2) is 0 Å². The summed E-state index contributed by atoms with van der Waals surface area (Å²) >= 11 is 0. The van der Waals surface area contributed by atoms with Gasteiger partial charge < -0.3 is 35.1 Å². The van der Waals surface area contributed by atoms with Crippen molar-refractivity contribution in [1.82, 2.24) is 0 Å². The molecule has 0 heterocycles. The molecule has 84 valence electrons. The predicted octanol–water partition coefficient (Wildman–Crippen LogP) is 3.18. The van der Waals surface area contributed by atoms with Crippen LogP contribution in [0.25, 0.3) is 0 Å². The summed E-state index contributed by atoms with van der Waals surface area (Å²) in [5.74, 6) is -0.0139. The molecule has 2 rings (SSSR count). The van der Waals surface area contributed by atoms with Gasteiger partial charge in [-0.05, 0) is 0 Å². The molecule has 0 radical (unpaired) electrons. The van der Waals surface area contributed by atoms with Crippen LogP contribution in [-0.4, -0.2) is 5.78 Å². The largest absolute Gasteiger partial charge is 0.748 e. The van der Waals surface area contributed by atoms with Crippen molar-refractivity contribution in [3.63, 3.8) is 0 Å². The van der Waals surface area contributed by atoms with Crippen LogP contribution >= 0.6 is 0 Å². The Balaban J connectivity index is 0.000000280. The first-order valence-electron chi connectivity index (χ1n) is 4.40. The molecule has 0 aliphatic heterocycles. The van der Waals surface area contributed by atoms with Crippen LogP contribution in [0.15, 0.2) is 67.3 Å². The first-order chi connectivity index (χ1) is 6.84. The Kier molecular flexibility index (Phi) is 7.25. The summed E-state index contributed by atoms with van der Waals surface area (Å²) < 4.78 is 0. The van der Waals surface area contributed by atoms with E-state index in [1.165, 1.54) is 6.08 Å². The zero-order chi connectivity index (χ0) is 10.2. The molecular formula is C13H12FeO-6. The molecule has 15 heavy (non-hydrogen) atoms. The third kappa shape index (κ3) is 5.16. The van der Waals surface area contributed by atoms with Gasteiger partial charge in [0.05, 0.1) is 0 Å². The first kappa shape index (κ1) is 13.6. The van der Waals surface area contributed by atoms with Crippen molar-refractivity contribution < 1.29 is 21.9 Å². The molecule has 0 unspecified atom stereocenters. The second kappa shape index (κ2) is 7.98. The second-order valence-corrected chi connectivity index (χ2v) is 2.70. The molecule has 0 saturated heterocycles. The molecule has 0 aliphatic rings. The normalized spacial score (nSPS) is 8.00. The summed E-state index contributed by atoms with van der Waals surface area (Å²) in [6.45, 7) is 3.37. The van der Waals surface area contributed by atoms with Gasteiger partial charge in [-0.1, -0.05) is 11.6 Å². The van der Waals surface area contributed by atoms with E-state index in [-0.39, 0.29) is 22.9 Å². The van der Waals surface area contributed by atoms with Crippen molar-refractivity contribution in [1.29, 1.82) is 0 Å². The average molecular weight is 240 g/mol. The van der Waals surface area contributed by atoms with Gasteiger partial charge >= 0.3 is 0 Å². The van der Waals surface area contributed by atoms with Crippen molar-refractivity contribution in [2.75, 3.05) is 0 Å². The molecule has 2 aromatic rings. The molecule has 0 N–H and O–H groups in total. The summed E-state index contributed by atoms with van der Waals surface area (Å²) in [7, 11) is 0. The van der Waals surface area contributed by atoms with E-state index in [0.29, 0.717) is 5.56 Å². The summed E-state index contributed by atoms with van der Waals surface area (Å²) in [5, 5.41) is 0. The Bertz CT molecular complexity index is 340. The molecule has 0 atom stereocenters. The van der Waals surface area contributed by atoms with Gasteiger partial charge in [-0.15, -0.1) is 18.7 Å². The Labute approximate surface area is 101 Å².